The highest BCUT2D eigenvalue weighted by molar-refractivity contribution is 7.99. The second-order valence-electron chi connectivity index (χ2n) is 5.91. The molecule has 0 amide bonds. The number of nitrogens with one attached hydrogen (secondary N) is 1. The van der Waals surface area contributed by atoms with Crippen LogP contribution < -0.4 is 4.74 Å². The Morgan fingerprint density at radius 1 is 1.38 bits per heavy atom. The molecule has 2 heterocycles. The SMILES string of the molecule is CC(C)Oc1cccc2c1[nH]c(=S)n2CC1CCSCC1. The summed E-state index contributed by atoms with van der Waals surface area (Å²) < 4.78 is 8.95. The number of aromatic nitrogens is 2. The van der Waals surface area contributed by atoms with Gasteiger partial charge in [0.25, 0.3) is 0 Å². The Morgan fingerprint density at radius 2 is 2.14 bits per heavy atom. The van der Waals surface area contributed by atoms with Gasteiger partial charge in [0.15, 0.2) is 4.77 Å². The Morgan fingerprint density at radius 3 is 2.86 bits per heavy atom. The lowest BCUT2D eigenvalue weighted by Gasteiger charge is -2.22. The van der Waals surface area contributed by atoms with Crippen molar-refractivity contribution in [3.8, 4) is 5.75 Å². The molecule has 21 heavy (non-hydrogen) atoms. The van der Waals surface area contributed by atoms with Crippen LogP contribution >= 0.6 is 24.0 Å². The molecule has 114 valence electrons. The molecule has 1 aliphatic heterocycles. The van der Waals surface area contributed by atoms with Crippen LogP contribution in [0.1, 0.15) is 26.7 Å². The summed E-state index contributed by atoms with van der Waals surface area (Å²) in [6.07, 6.45) is 2.75. The summed E-state index contributed by atoms with van der Waals surface area (Å²) in [6.45, 7) is 5.11. The number of aromatic amines is 1. The third-order valence-electron chi connectivity index (χ3n) is 3.92. The van der Waals surface area contributed by atoms with Crippen molar-refractivity contribution in [2.24, 2.45) is 5.92 Å². The summed E-state index contributed by atoms with van der Waals surface area (Å²) in [4.78, 5) is 3.34. The summed E-state index contributed by atoms with van der Waals surface area (Å²) in [7, 11) is 0. The Bertz CT molecular complexity index is 668. The van der Waals surface area contributed by atoms with Gasteiger partial charge in [-0.1, -0.05) is 6.07 Å². The van der Waals surface area contributed by atoms with Crippen molar-refractivity contribution < 1.29 is 4.74 Å². The highest BCUT2D eigenvalue weighted by atomic mass is 32.2. The van der Waals surface area contributed by atoms with Crippen LogP contribution in [0.25, 0.3) is 11.0 Å². The second kappa shape index (κ2) is 6.44. The first-order valence-electron chi connectivity index (χ1n) is 7.61. The van der Waals surface area contributed by atoms with Crippen molar-refractivity contribution in [3.05, 3.63) is 23.0 Å². The van der Waals surface area contributed by atoms with E-state index in [4.69, 9.17) is 17.0 Å². The van der Waals surface area contributed by atoms with Crippen LogP contribution in [-0.4, -0.2) is 27.2 Å². The fourth-order valence-electron chi connectivity index (χ4n) is 2.87. The van der Waals surface area contributed by atoms with E-state index in [1.54, 1.807) is 0 Å². The molecule has 0 atom stereocenters. The average molecular weight is 322 g/mol. The number of hydrogen-bond donors (Lipinski definition) is 1. The molecule has 2 aromatic rings. The first-order chi connectivity index (χ1) is 10.1. The van der Waals surface area contributed by atoms with Crippen LogP contribution in [0.15, 0.2) is 18.2 Å². The fourth-order valence-corrected chi connectivity index (χ4v) is 4.35. The van der Waals surface area contributed by atoms with E-state index in [0.717, 1.165) is 34.0 Å². The molecule has 0 spiro atoms. The zero-order chi connectivity index (χ0) is 14.8. The number of para-hydroxylation sites is 1. The third-order valence-corrected chi connectivity index (χ3v) is 5.29. The summed E-state index contributed by atoms with van der Waals surface area (Å²) in [6, 6.07) is 6.19. The number of thioether (sulfide) groups is 1. The zero-order valence-corrected chi connectivity index (χ0v) is 14.2. The van der Waals surface area contributed by atoms with Crippen molar-refractivity contribution in [1.82, 2.24) is 9.55 Å². The van der Waals surface area contributed by atoms with Crippen molar-refractivity contribution in [2.75, 3.05) is 11.5 Å². The Kier molecular flexibility index (Phi) is 4.60. The molecule has 0 unspecified atom stereocenters. The van der Waals surface area contributed by atoms with Crippen LogP contribution in [0.3, 0.4) is 0 Å². The van der Waals surface area contributed by atoms with Crippen LogP contribution in [0.4, 0.5) is 0 Å². The van der Waals surface area contributed by atoms with Crippen molar-refractivity contribution >= 4 is 35.0 Å². The summed E-state index contributed by atoms with van der Waals surface area (Å²) in [5, 5.41) is 0. The minimum atomic E-state index is 0.163. The maximum absolute atomic E-state index is 5.89. The Balaban J connectivity index is 1.95. The van der Waals surface area contributed by atoms with Crippen molar-refractivity contribution in [3.63, 3.8) is 0 Å². The molecule has 0 aliphatic carbocycles. The molecule has 1 fully saturated rings. The lowest BCUT2D eigenvalue weighted by atomic mass is 10.0. The second-order valence-corrected chi connectivity index (χ2v) is 7.52. The lowest BCUT2D eigenvalue weighted by Crippen LogP contribution is -2.16. The number of nitrogens with zero attached hydrogens (tertiary/aromatic N) is 1. The number of rotatable bonds is 4. The predicted molar refractivity (Wildman–Crippen MR) is 92.9 cm³/mol. The topological polar surface area (TPSA) is 29.9 Å². The molecule has 3 nitrogen and oxygen atoms in total. The molecule has 0 bridgehead atoms. The quantitative estimate of drug-likeness (QED) is 0.832. The molecule has 1 aromatic carbocycles. The fraction of sp³-hybridized carbons (Fsp3) is 0.562. The van der Waals surface area contributed by atoms with Gasteiger partial charge in [-0.15, -0.1) is 0 Å². The van der Waals surface area contributed by atoms with E-state index in [1.165, 1.54) is 24.3 Å². The minimum absolute atomic E-state index is 0.163. The van der Waals surface area contributed by atoms with Gasteiger partial charge in [0.1, 0.15) is 11.3 Å². The maximum Gasteiger partial charge on any atom is 0.178 e. The van der Waals surface area contributed by atoms with Crippen LogP contribution in [0.2, 0.25) is 0 Å². The first-order valence-corrected chi connectivity index (χ1v) is 9.17. The molecule has 0 saturated carbocycles. The van der Waals surface area contributed by atoms with Crippen molar-refractivity contribution in [1.29, 1.82) is 0 Å². The summed E-state index contributed by atoms with van der Waals surface area (Å²) in [5.74, 6) is 4.20. The highest BCUT2D eigenvalue weighted by Crippen LogP contribution is 2.29. The standard InChI is InChI=1S/C16H22N2OS2/c1-11(2)19-14-5-3-4-13-15(14)17-16(20)18(13)10-12-6-8-21-9-7-12/h3-5,11-12H,6-10H2,1-2H3,(H,17,20). The van der Waals surface area contributed by atoms with E-state index in [0.29, 0.717) is 0 Å². The normalized spacial score (nSPS) is 16.7. The van der Waals surface area contributed by atoms with Gasteiger partial charge in [0.05, 0.1) is 11.6 Å². The Hall–Kier alpha value is -0.940. The molecule has 1 N–H and O–H groups in total. The molecule has 1 aromatic heterocycles. The number of benzene rings is 1. The molecule has 1 aliphatic rings. The summed E-state index contributed by atoms with van der Waals surface area (Å²) in [5.41, 5.74) is 2.19. The molecule has 0 radical (unpaired) electrons. The van der Waals surface area contributed by atoms with Crippen LogP contribution in [-0.2, 0) is 6.54 Å². The van der Waals surface area contributed by atoms with Gasteiger partial charge < -0.3 is 14.3 Å². The molecule has 3 rings (SSSR count). The number of hydrogen-bond acceptors (Lipinski definition) is 3. The molecular formula is C16H22N2OS2. The van der Waals surface area contributed by atoms with E-state index < -0.39 is 0 Å². The largest absolute Gasteiger partial charge is 0.489 e. The molecule has 1 saturated heterocycles. The molecular weight excluding hydrogens is 300 g/mol. The van der Waals surface area contributed by atoms with E-state index in [2.05, 4.69) is 33.4 Å². The maximum atomic E-state index is 5.89. The van der Waals surface area contributed by atoms with E-state index in [-0.39, 0.29) is 6.10 Å². The van der Waals surface area contributed by atoms with Gasteiger partial charge >= 0.3 is 0 Å². The first kappa shape index (κ1) is 15.0. The van der Waals surface area contributed by atoms with E-state index in [9.17, 15) is 0 Å². The minimum Gasteiger partial charge on any atom is -0.489 e. The van der Waals surface area contributed by atoms with E-state index >= 15 is 0 Å². The Labute approximate surface area is 135 Å². The van der Waals surface area contributed by atoms with Crippen LogP contribution in [0, 0.1) is 10.7 Å². The number of fused-ring (bicyclic) bond motifs is 1. The van der Waals surface area contributed by atoms with Gasteiger partial charge in [-0.3, -0.25) is 0 Å². The lowest BCUT2D eigenvalue weighted by molar-refractivity contribution is 0.245. The van der Waals surface area contributed by atoms with Gasteiger partial charge in [-0.25, -0.2) is 0 Å². The van der Waals surface area contributed by atoms with E-state index in [1.807, 2.05) is 19.9 Å². The monoisotopic (exact) mass is 322 g/mol. The number of imidazole rings is 1. The zero-order valence-electron chi connectivity index (χ0n) is 12.6. The smallest absolute Gasteiger partial charge is 0.178 e. The average Bonchev–Trinajstić information content (AvgIpc) is 2.77. The van der Waals surface area contributed by atoms with Gasteiger partial charge in [0.2, 0.25) is 0 Å². The van der Waals surface area contributed by atoms with Crippen molar-refractivity contribution in [2.45, 2.75) is 39.3 Å². The van der Waals surface area contributed by atoms with Crippen LogP contribution in [0.5, 0.6) is 5.75 Å². The molecule has 5 heteroatoms. The van der Waals surface area contributed by atoms with Gasteiger partial charge in [-0.05, 0) is 68.5 Å². The van der Waals surface area contributed by atoms with Gasteiger partial charge in [0, 0.05) is 6.54 Å². The highest BCUT2D eigenvalue weighted by Gasteiger charge is 2.17. The third kappa shape index (κ3) is 3.29. The predicted octanol–water partition coefficient (Wildman–Crippen LogP) is 4.63. The van der Waals surface area contributed by atoms with Gasteiger partial charge in [-0.2, -0.15) is 11.8 Å². The number of ether oxygens (including phenoxy) is 1. The summed E-state index contributed by atoms with van der Waals surface area (Å²) >= 11 is 7.61. The number of H-pyrrole nitrogens is 1.